The molecule has 3 aromatic rings. The Bertz CT molecular complexity index is 1220. The third-order valence-electron chi connectivity index (χ3n) is 6.63. The van der Waals surface area contributed by atoms with Gasteiger partial charge < -0.3 is 19.7 Å². The minimum atomic E-state index is -0.678. The maximum Gasteiger partial charge on any atom is 0.243 e. The van der Waals surface area contributed by atoms with Crippen LogP contribution in [0.4, 0.5) is 0 Å². The van der Waals surface area contributed by atoms with Crippen LogP contribution in [0.3, 0.4) is 0 Å². The molecule has 7 heteroatoms. The molecule has 0 aliphatic heterocycles. The molecule has 6 nitrogen and oxygen atoms in total. The lowest BCUT2D eigenvalue weighted by molar-refractivity contribution is -0.141. The quantitative estimate of drug-likeness (QED) is 0.198. The zero-order valence-corrected chi connectivity index (χ0v) is 24.6. The van der Waals surface area contributed by atoms with E-state index >= 15 is 0 Å². The van der Waals surface area contributed by atoms with Gasteiger partial charge >= 0.3 is 0 Å². The minimum Gasteiger partial charge on any atom is -0.490 e. The summed E-state index contributed by atoms with van der Waals surface area (Å²) < 4.78 is 11.5. The molecule has 1 atom stereocenters. The van der Waals surface area contributed by atoms with E-state index in [4.69, 9.17) is 21.1 Å². The highest BCUT2D eigenvalue weighted by Gasteiger charge is 2.30. The molecule has 0 aliphatic rings. The van der Waals surface area contributed by atoms with E-state index in [0.717, 1.165) is 29.5 Å². The van der Waals surface area contributed by atoms with E-state index in [2.05, 4.69) is 12.2 Å². The number of nitrogens with zero attached hydrogens (tertiary/aromatic N) is 1. The van der Waals surface area contributed by atoms with Gasteiger partial charge in [-0.15, -0.1) is 0 Å². The second kappa shape index (κ2) is 16.6. The molecule has 3 aromatic carbocycles. The zero-order valence-electron chi connectivity index (χ0n) is 23.8. The Morgan fingerprint density at radius 3 is 2.27 bits per heavy atom. The number of hydrogen-bond donors (Lipinski definition) is 1. The average Bonchev–Trinajstić information content (AvgIpc) is 2.96. The second-order valence-electron chi connectivity index (χ2n) is 9.61. The summed E-state index contributed by atoms with van der Waals surface area (Å²) in [5.74, 6) is 1.08. The van der Waals surface area contributed by atoms with Gasteiger partial charge in [0.1, 0.15) is 6.04 Å². The molecule has 1 N–H and O–H groups in total. The van der Waals surface area contributed by atoms with Crippen molar-refractivity contribution >= 4 is 23.4 Å². The number of amides is 2. The summed E-state index contributed by atoms with van der Waals surface area (Å²) >= 11 is 6.52. The second-order valence-corrected chi connectivity index (χ2v) is 10.0. The van der Waals surface area contributed by atoms with Crippen molar-refractivity contribution in [2.75, 3.05) is 19.8 Å². The van der Waals surface area contributed by atoms with Crippen LogP contribution in [-0.2, 0) is 29.0 Å². The number of carbonyl (C=O) groups excluding carboxylic acids is 2. The van der Waals surface area contributed by atoms with E-state index in [-0.39, 0.29) is 24.8 Å². The Balaban J connectivity index is 1.89. The summed E-state index contributed by atoms with van der Waals surface area (Å²) in [5.41, 5.74) is 2.75. The summed E-state index contributed by atoms with van der Waals surface area (Å²) in [6.07, 6.45) is 2.99. The molecular weight excluding hydrogens is 524 g/mol. The molecule has 0 aromatic heterocycles. The van der Waals surface area contributed by atoms with Gasteiger partial charge in [-0.2, -0.15) is 0 Å². The van der Waals surface area contributed by atoms with E-state index in [1.807, 2.05) is 86.6 Å². The summed E-state index contributed by atoms with van der Waals surface area (Å²) in [6, 6.07) is 22.4. The molecule has 2 amide bonds. The summed E-state index contributed by atoms with van der Waals surface area (Å²) in [4.78, 5) is 29.2. The van der Waals surface area contributed by atoms with E-state index in [1.165, 1.54) is 0 Å². The van der Waals surface area contributed by atoms with E-state index in [9.17, 15) is 9.59 Å². The number of aryl methyl sites for hydroxylation is 1. The van der Waals surface area contributed by atoms with Crippen molar-refractivity contribution in [3.63, 3.8) is 0 Å². The van der Waals surface area contributed by atoms with Crippen LogP contribution in [0.5, 0.6) is 11.5 Å². The summed E-state index contributed by atoms with van der Waals surface area (Å²) in [6.45, 7) is 7.81. The van der Waals surface area contributed by atoms with Crippen LogP contribution in [-0.4, -0.2) is 42.5 Å². The molecule has 0 bridgehead atoms. The standard InChI is InChI=1S/C33H41ClN2O4/c1-4-7-21-35-33(38)29(22-25-13-9-8-10-14-25)36(24-27-15-11-12-16-28(27)34)32(37)20-18-26-17-19-30(39-5-2)31(23-26)40-6-3/h8-17,19,23,29H,4-7,18,20-22,24H2,1-3H3,(H,35,38)/t29-/m1/s1. The Labute approximate surface area is 243 Å². The van der Waals surface area contributed by atoms with Gasteiger partial charge in [-0.05, 0) is 61.6 Å². The van der Waals surface area contributed by atoms with Crippen LogP contribution in [0.2, 0.25) is 5.02 Å². The minimum absolute atomic E-state index is 0.113. The number of halogens is 1. The molecule has 0 aliphatic carbocycles. The van der Waals surface area contributed by atoms with Crippen LogP contribution >= 0.6 is 11.6 Å². The fourth-order valence-corrected chi connectivity index (χ4v) is 4.71. The van der Waals surface area contributed by atoms with Crippen LogP contribution in [0.25, 0.3) is 0 Å². The Morgan fingerprint density at radius 2 is 1.57 bits per heavy atom. The van der Waals surface area contributed by atoms with E-state index in [0.29, 0.717) is 49.1 Å². The number of carbonyl (C=O) groups is 2. The highest BCUT2D eigenvalue weighted by atomic mass is 35.5. The molecule has 0 fully saturated rings. The molecular formula is C33H41ClN2O4. The van der Waals surface area contributed by atoms with E-state index in [1.54, 1.807) is 4.90 Å². The van der Waals surface area contributed by atoms with Gasteiger partial charge in [0.05, 0.1) is 13.2 Å². The molecule has 214 valence electrons. The number of ether oxygens (including phenoxy) is 2. The highest BCUT2D eigenvalue weighted by Crippen LogP contribution is 2.29. The van der Waals surface area contributed by atoms with E-state index < -0.39 is 6.04 Å². The van der Waals surface area contributed by atoms with Gasteiger partial charge in [0.25, 0.3) is 0 Å². The number of benzene rings is 3. The predicted octanol–water partition coefficient (Wildman–Crippen LogP) is 6.63. The van der Waals surface area contributed by atoms with Crippen molar-refractivity contribution in [1.29, 1.82) is 0 Å². The largest absolute Gasteiger partial charge is 0.490 e. The maximum absolute atomic E-state index is 13.9. The third-order valence-corrected chi connectivity index (χ3v) is 7.00. The average molecular weight is 565 g/mol. The number of hydrogen-bond acceptors (Lipinski definition) is 4. The topological polar surface area (TPSA) is 67.9 Å². The van der Waals surface area contributed by atoms with Gasteiger partial charge in [-0.1, -0.05) is 79.5 Å². The summed E-state index contributed by atoms with van der Waals surface area (Å²) in [5, 5.41) is 3.62. The van der Waals surface area contributed by atoms with Crippen LogP contribution in [0.15, 0.2) is 72.8 Å². The number of unbranched alkanes of at least 4 members (excludes halogenated alkanes) is 1. The van der Waals surface area contributed by atoms with Crippen LogP contribution in [0, 0.1) is 0 Å². The molecule has 0 unspecified atom stereocenters. The fraction of sp³-hybridized carbons (Fsp3) is 0.394. The van der Waals surface area contributed by atoms with Gasteiger partial charge in [-0.25, -0.2) is 0 Å². The van der Waals surface area contributed by atoms with Gasteiger partial charge in [0.2, 0.25) is 11.8 Å². The lowest BCUT2D eigenvalue weighted by Crippen LogP contribution is -2.50. The van der Waals surface area contributed by atoms with Crippen molar-refractivity contribution in [3.05, 3.63) is 94.5 Å². The number of nitrogens with one attached hydrogen (secondary N) is 1. The van der Waals surface area contributed by atoms with Crippen molar-refractivity contribution in [3.8, 4) is 11.5 Å². The lowest BCUT2D eigenvalue weighted by atomic mass is 10.0. The molecule has 40 heavy (non-hydrogen) atoms. The van der Waals surface area contributed by atoms with Gasteiger partial charge in [-0.3, -0.25) is 9.59 Å². The summed E-state index contributed by atoms with van der Waals surface area (Å²) in [7, 11) is 0. The smallest absolute Gasteiger partial charge is 0.243 e. The first-order chi connectivity index (χ1) is 19.5. The first-order valence-electron chi connectivity index (χ1n) is 14.2. The SMILES string of the molecule is CCCCNC(=O)[C@@H](Cc1ccccc1)N(Cc1ccccc1Cl)C(=O)CCc1ccc(OCC)c(OCC)c1. The molecule has 0 heterocycles. The monoisotopic (exact) mass is 564 g/mol. The Hall–Kier alpha value is -3.51. The van der Waals surface area contributed by atoms with Crippen LogP contribution in [0.1, 0.15) is 56.7 Å². The Kier molecular flexibility index (Phi) is 12.8. The molecule has 0 spiro atoms. The zero-order chi connectivity index (χ0) is 28.7. The first-order valence-corrected chi connectivity index (χ1v) is 14.6. The van der Waals surface area contributed by atoms with Crippen LogP contribution < -0.4 is 14.8 Å². The highest BCUT2D eigenvalue weighted by molar-refractivity contribution is 6.31. The van der Waals surface area contributed by atoms with Gasteiger partial charge in [0.15, 0.2) is 11.5 Å². The third kappa shape index (κ3) is 9.30. The van der Waals surface area contributed by atoms with Crippen molar-refractivity contribution in [1.82, 2.24) is 10.2 Å². The fourth-order valence-electron chi connectivity index (χ4n) is 4.52. The Morgan fingerprint density at radius 1 is 0.875 bits per heavy atom. The van der Waals surface area contributed by atoms with Crippen molar-refractivity contribution in [2.24, 2.45) is 0 Å². The normalized spacial score (nSPS) is 11.5. The molecule has 0 radical (unpaired) electrons. The van der Waals surface area contributed by atoms with Crippen molar-refractivity contribution in [2.45, 2.75) is 65.5 Å². The lowest BCUT2D eigenvalue weighted by Gasteiger charge is -2.32. The molecule has 0 saturated carbocycles. The predicted molar refractivity (Wildman–Crippen MR) is 161 cm³/mol. The molecule has 0 saturated heterocycles. The number of rotatable bonds is 16. The maximum atomic E-state index is 13.9. The molecule has 3 rings (SSSR count). The van der Waals surface area contributed by atoms with Gasteiger partial charge in [0, 0.05) is 31.0 Å². The first kappa shape index (κ1) is 31.0. The van der Waals surface area contributed by atoms with Crippen molar-refractivity contribution < 1.29 is 19.1 Å².